The van der Waals surface area contributed by atoms with Crippen LogP contribution in [0.25, 0.3) is 10.9 Å². The lowest BCUT2D eigenvalue weighted by atomic mass is 10.1. The highest BCUT2D eigenvalue weighted by Gasteiger charge is 2.02. The molecule has 1 aromatic carbocycles. The van der Waals surface area contributed by atoms with Gasteiger partial charge in [0.2, 0.25) is 0 Å². The van der Waals surface area contributed by atoms with E-state index >= 15 is 0 Å². The van der Waals surface area contributed by atoms with Gasteiger partial charge in [-0.3, -0.25) is 4.98 Å². The molecule has 3 nitrogen and oxygen atoms in total. The van der Waals surface area contributed by atoms with Crippen molar-refractivity contribution in [3.63, 3.8) is 0 Å². The summed E-state index contributed by atoms with van der Waals surface area (Å²) in [5.41, 5.74) is 4.88. The van der Waals surface area contributed by atoms with E-state index in [0.29, 0.717) is 0 Å². The van der Waals surface area contributed by atoms with Crippen molar-refractivity contribution in [2.24, 2.45) is 0 Å². The first-order valence-corrected chi connectivity index (χ1v) is 7.00. The molecular weight excluding hydrogens is 246 g/mol. The Morgan fingerprint density at radius 2 is 2.05 bits per heavy atom. The van der Waals surface area contributed by atoms with Crippen LogP contribution in [-0.2, 0) is 13.0 Å². The Kier molecular flexibility index (Phi) is 3.79. The van der Waals surface area contributed by atoms with Crippen molar-refractivity contribution in [1.29, 1.82) is 0 Å². The third-order valence-corrected chi connectivity index (χ3v) is 3.55. The van der Waals surface area contributed by atoms with Crippen molar-refractivity contribution in [3.05, 3.63) is 65.6 Å². The highest BCUT2D eigenvalue weighted by atomic mass is 14.9. The highest BCUT2D eigenvalue weighted by molar-refractivity contribution is 5.83. The van der Waals surface area contributed by atoms with Gasteiger partial charge in [-0.2, -0.15) is 0 Å². The Morgan fingerprint density at radius 3 is 2.90 bits per heavy atom. The van der Waals surface area contributed by atoms with Crippen LogP contribution >= 0.6 is 0 Å². The minimum absolute atomic E-state index is 0.871. The molecule has 3 heteroatoms. The summed E-state index contributed by atoms with van der Waals surface area (Å²) in [5, 5.41) is 4.80. The number of aryl methyl sites for hydroxylation is 1. The number of nitrogens with one attached hydrogen (secondary N) is 2. The molecule has 0 fully saturated rings. The molecule has 3 rings (SSSR count). The number of nitrogens with zero attached hydrogens (tertiary/aromatic N) is 1. The number of H-pyrrole nitrogens is 1. The molecule has 0 saturated carbocycles. The Balaban J connectivity index is 1.54. The van der Waals surface area contributed by atoms with E-state index in [9.17, 15) is 0 Å². The van der Waals surface area contributed by atoms with Gasteiger partial charge in [0.15, 0.2) is 0 Å². The molecule has 102 valence electrons. The molecule has 0 radical (unpaired) electrons. The summed E-state index contributed by atoms with van der Waals surface area (Å²) in [5.74, 6) is 0. The van der Waals surface area contributed by atoms with Crippen LogP contribution in [0, 0.1) is 6.92 Å². The highest BCUT2D eigenvalue weighted by Crippen LogP contribution is 2.17. The van der Waals surface area contributed by atoms with Gasteiger partial charge in [-0.25, -0.2) is 0 Å². The summed E-state index contributed by atoms with van der Waals surface area (Å²) in [7, 11) is 0. The van der Waals surface area contributed by atoms with Gasteiger partial charge >= 0.3 is 0 Å². The quantitative estimate of drug-likeness (QED) is 0.695. The Labute approximate surface area is 119 Å². The molecule has 0 unspecified atom stereocenters. The first-order chi connectivity index (χ1) is 9.83. The Hall–Kier alpha value is -2.13. The maximum Gasteiger partial charge on any atom is 0.0456 e. The number of fused-ring (bicyclic) bond motifs is 1. The molecule has 0 bridgehead atoms. The largest absolute Gasteiger partial charge is 0.361 e. The van der Waals surface area contributed by atoms with Crippen molar-refractivity contribution in [2.75, 3.05) is 6.54 Å². The SMILES string of the molecule is Cc1ccc(CNCCc2c[nH]c3ccccc23)cn1. The van der Waals surface area contributed by atoms with Crippen molar-refractivity contribution < 1.29 is 0 Å². The van der Waals surface area contributed by atoms with E-state index in [0.717, 1.165) is 25.2 Å². The van der Waals surface area contributed by atoms with Crippen LogP contribution in [0.3, 0.4) is 0 Å². The van der Waals surface area contributed by atoms with E-state index in [2.05, 4.69) is 57.9 Å². The van der Waals surface area contributed by atoms with E-state index in [1.807, 2.05) is 13.1 Å². The van der Waals surface area contributed by atoms with Crippen LogP contribution in [0.4, 0.5) is 0 Å². The van der Waals surface area contributed by atoms with Crippen LogP contribution in [0.2, 0.25) is 0 Å². The predicted octanol–water partition coefficient (Wildman–Crippen LogP) is 3.20. The number of aromatic amines is 1. The zero-order chi connectivity index (χ0) is 13.8. The van der Waals surface area contributed by atoms with Gasteiger partial charge < -0.3 is 10.3 Å². The van der Waals surface area contributed by atoms with Crippen molar-refractivity contribution in [3.8, 4) is 0 Å². The molecule has 2 N–H and O–H groups in total. The molecule has 20 heavy (non-hydrogen) atoms. The molecule has 0 spiro atoms. The molecule has 0 aliphatic heterocycles. The summed E-state index contributed by atoms with van der Waals surface area (Å²) < 4.78 is 0. The maximum atomic E-state index is 4.30. The van der Waals surface area contributed by atoms with E-state index in [-0.39, 0.29) is 0 Å². The zero-order valence-corrected chi connectivity index (χ0v) is 11.7. The van der Waals surface area contributed by atoms with Gasteiger partial charge in [0.25, 0.3) is 0 Å². The molecular formula is C17H19N3. The second kappa shape index (κ2) is 5.88. The minimum atomic E-state index is 0.871. The van der Waals surface area contributed by atoms with Crippen molar-refractivity contribution in [1.82, 2.24) is 15.3 Å². The number of aromatic nitrogens is 2. The lowest BCUT2D eigenvalue weighted by Crippen LogP contribution is -2.16. The Bertz CT molecular complexity index is 683. The third-order valence-electron chi connectivity index (χ3n) is 3.55. The number of benzene rings is 1. The molecule has 0 aliphatic rings. The minimum Gasteiger partial charge on any atom is -0.361 e. The number of hydrogen-bond acceptors (Lipinski definition) is 2. The maximum absolute atomic E-state index is 4.30. The average Bonchev–Trinajstić information content (AvgIpc) is 2.89. The lowest BCUT2D eigenvalue weighted by molar-refractivity contribution is 0.686. The fourth-order valence-electron chi connectivity index (χ4n) is 2.40. The molecule has 0 amide bonds. The normalized spacial score (nSPS) is 11.1. The summed E-state index contributed by atoms with van der Waals surface area (Å²) in [6.07, 6.45) is 5.08. The number of para-hydroxylation sites is 1. The summed E-state index contributed by atoms with van der Waals surface area (Å²) >= 11 is 0. The van der Waals surface area contributed by atoms with Gasteiger partial charge in [-0.15, -0.1) is 0 Å². The van der Waals surface area contributed by atoms with Crippen LogP contribution in [0.15, 0.2) is 48.8 Å². The van der Waals surface area contributed by atoms with E-state index in [1.54, 1.807) is 0 Å². The Morgan fingerprint density at radius 1 is 1.15 bits per heavy atom. The second-order valence-corrected chi connectivity index (χ2v) is 5.09. The van der Waals surface area contributed by atoms with Crippen molar-refractivity contribution in [2.45, 2.75) is 19.9 Å². The summed E-state index contributed by atoms with van der Waals surface area (Å²) in [6.45, 7) is 3.85. The molecule has 0 saturated heterocycles. The monoisotopic (exact) mass is 265 g/mol. The average molecular weight is 265 g/mol. The lowest BCUT2D eigenvalue weighted by Gasteiger charge is -2.04. The van der Waals surface area contributed by atoms with E-state index in [1.165, 1.54) is 22.0 Å². The number of hydrogen-bond donors (Lipinski definition) is 2. The fraction of sp³-hybridized carbons (Fsp3) is 0.235. The van der Waals surface area contributed by atoms with Crippen LogP contribution in [0.1, 0.15) is 16.8 Å². The topological polar surface area (TPSA) is 40.7 Å². The van der Waals surface area contributed by atoms with Crippen LogP contribution in [0.5, 0.6) is 0 Å². The van der Waals surface area contributed by atoms with Gasteiger partial charge in [-0.05, 0) is 43.1 Å². The summed E-state index contributed by atoms with van der Waals surface area (Å²) in [6, 6.07) is 12.6. The predicted molar refractivity (Wildman–Crippen MR) is 82.7 cm³/mol. The molecule has 0 aliphatic carbocycles. The van der Waals surface area contributed by atoms with Crippen molar-refractivity contribution >= 4 is 10.9 Å². The first-order valence-electron chi connectivity index (χ1n) is 7.00. The smallest absolute Gasteiger partial charge is 0.0456 e. The second-order valence-electron chi connectivity index (χ2n) is 5.09. The number of pyridine rings is 1. The molecule has 3 aromatic rings. The first kappa shape index (κ1) is 12.9. The molecule has 0 atom stereocenters. The van der Waals surface area contributed by atoms with Gasteiger partial charge in [0.05, 0.1) is 0 Å². The van der Waals surface area contributed by atoms with Crippen LogP contribution in [-0.4, -0.2) is 16.5 Å². The van der Waals surface area contributed by atoms with Crippen LogP contribution < -0.4 is 5.32 Å². The summed E-state index contributed by atoms with van der Waals surface area (Å²) in [4.78, 5) is 7.62. The van der Waals surface area contributed by atoms with Gasteiger partial charge in [-0.1, -0.05) is 24.3 Å². The molecule has 2 aromatic heterocycles. The van der Waals surface area contributed by atoms with Gasteiger partial charge in [0.1, 0.15) is 0 Å². The van der Waals surface area contributed by atoms with E-state index < -0.39 is 0 Å². The standard InChI is InChI=1S/C17H19N3/c1-13-6-7-14(11-19-13)10-18-9-8-15-12-20-17-5-3-2-4-16(15)17/h2-7,11-12,18,20H,8-10H2,1H3. The van der Waals surface area contributed by atoms with Gasteiger partial charge in [0, 0.05) is 35.5 Å². The van der Waals surface area contributed by atoms with E-state index in [4.69, 9.17) is 0 Å². The molecule has 2 heterocycles. The fourth-order valence-corrected chi connectivity index (χ4v) is 2.40. The zero-order valence-electron chi connectivity index (χ0n) is 11.7. The number of rotatable bonds is 5. The third kappa shape index (κ3) is 2.89.